The largest absolute Gasteiger partial charge is 0.573 e. The summed E-state index contributed by atoms with van der Waals surface area (Å²) in [4.78, 5) is 12.6. The van der Waals surface area contributed by atoms with E-state index in [-0.39, 0.29) is 17.7 Å². The predicted molar refractivity (Wildman–Crippen MR) is 100 cm³/mol. The lowest BCUT2D eigenvalue weighted by Gasteiger charge is -2.19. The number of quaternary nitrogens is 1. The van der Waals surface area contributed by atoms with E-state index in [4.69, 9.17) is 4.42 Å². The van der Waals surface area contributed by atoms with Gasteiger partial charge in [0.15, 0.2) is 17.8 Å². The SMILES string of the molecule is C[C@@H]([NH2+][C@H](c1ccccc1)c1ccco1)C(=O)Nc1ccc(OC(F)(F)F)cc1. The Labute approximate surface area is 165 Å². The first-order valence-corrected chi connectivity index (χ1v) is 8.92. The van der Waals surface area contributed by atoms with Crippen molar-refractivity contribution in [2.45, 2.75) is 25.4 Å². The van der Waals surface area contributed by atoms with E-state index < -0.39 is 12.4 Å². The maximum atomic E-state index is 12.6. The quantitative estimate of drug-likeness (QED) is 0.627. The Hall–Kier alpha value is -3.26. The number of benzene rings is 2. The fourth-order valence-corrected chi connectivity index (χ4v) is 2.87. The molecule has 1 aromatic heterocycles. The van der Waals surface area contributed by atoms with Crippen LogP contribution in [0, 0.1) is 0 Å². The molecule has 3 rings (SSSR count). The number of furan rings is 1. The molecule has 1 amide bonds. The summed E-state index contributed by atoms with van der Waals surface area (Å²) >= 11 is 0. The van der Waals surface area contributed by atoms with Crippen molar-refractivity contribution in [1.82, 2.24) is 0 Å². The molecule has 0 saturated heterocycles. The number of rotatable bonds is 7. The number of carbonyl (C=O) groups is 1. The van der Waals surface area contributed by atoms with E-state index in [1.54, 1.807) is 19.3 Å². The molecule has 0 radical (unpaired) electrons. The van der Waals surface area contributed by atoms with Crippen molar-refractivity contribution < 1.29 is 32.4 Å². The fraction of sp³-hybridized carbons (Fsp3) is 0.190. The fourth-order valence-electron chi connectivity index (χ4n) is 2.87. The predicted octanol–water partition coefficient (Wildman–Crippen LogP) is 3.86. The number of nitrogens with one attached hydrogen (secondary N) is 1. The molecule has 3 aromatic rings. The second-order valence-electron chi connectivity index (χ2n) is 6.45. The molecule has 0 aliphatic rings. The Bertz CT molecular complexity index is 911. The first-order chi connectivity index (χ1) is 13.8. The summed E-state index contributed by atoms with van der Waals surface area (Å²) in [5, 5.41) is 4.56. The highest BCUT2D eigenvalue weighted by Crippen LogP contribution is 2.24. The number of carbonyl (C=O) groups excluding carboxylic acids is 1. The zero-order valence-electron chi connectivity index (χ0n) is 15.5. The Morgan fingerprint density at radius 1 is 1.03 bits per heavy atom. The van der Waals surface area contributed by atoms with E-state index in [0.717, 1.165) is 17.7 Å². The highest BCUT2D eigenvalue weighted by Gasteiger charge is 2.31. The van der Waals surface area contributed by atoms with Gasteiger partial charge in [-0.1, -0.05) is 30.3 Å². The van der Waals surface area contributed by atoms with Crippen molar-refractivity contribution in [3.05, 3.63) is 84.3 Å². The molecule has 3 N–H and O–H groups in total. The number of halogens is 3. The van der Waals surface area contributed by atoms with Gasteiger partial charge in [0.05, 0.1) is 6.26 Å². The molecule has 0 bridgehead atoms. The van der Waals surface area contributed by atoms with E-state index >= 15 is 0 Å². The molecule has 1 heterocycles. The van der Waals surface area contributed by atoms with Crippen molar-refractivity contribution in [3.8, 4) is 5.75 Å². The van der Waals surface area contributed by atoms with Crippen molar-refractivity contribution in [2.75, 3.05) is 5.32 Å². The van der Waals surface area contributed by atoms with Gasteiger partial charge in [-0.25, -0.2) is 0 Å². The monoisotopic (exact) mass is 405 g/mol. The average Bonchev–Trinajstić information content (AvgIpc) is 3.21. The van der Waals surface area contributed by atoms with Crippen LogP contribution in [0.5, 0.6) is 5.75 Å². The molecule has 0 spiro atoms. The lowest BCUT2D eigenvalue weighted by molar-refractivity contribution is -0.706. The molecule has 0 fully saturated rings. The van der Waals surface area contributed by atoms with Crippen LogP contribution >= 0.6 is 0 Å². The van der Waals surface area contributed by atoms with Gasteiger partial charge in [-0.3, -0.25) is 4.79 Å². The Balaban J connectivity index is 1.66. The maximum Gasteiger partial charge on any atom is 0.573 e. The van der Waals surface area contributed by atoms with Gasteiger partial charge in [0.1, 0.15) is 5.75 Å². The van der Waals surface area contributed by atoms with Crippen LogP contribution in [-0.4, -0.2) is 18.3 Å². The summed E-state index contributed by atoms with van der Waals surface area (Å²) < 4.78 is 46.1. The first-order valence-electron chi connectivity index (χ1n) is 8.92. The molecule has 0 aliphatic carbocycles. The third kappa shape index (κ3) is 5.86. The smallest absolute Gasteiger partial charge is 0.463 e. The van der Waals surface area contributed by atoms with Crippen LogP contribution in [0.4, 0.5) is 18.9 Å². The van der Waals surface area contributed by atoms with Crippen LogP contribution in [0.25, 0.3) is 0 Å². The lowest BCUT2D eigenvalue weighted by Crippen LogP contribution is -2.92. The minimum atomic E-state index is -4.76. The molecule has 0 saturated carbocycles. The van der Waals surface area contributed by atoms with Gasteiger partial charge in [-0.2, -0.15) is 0 Å². The van der Waals surface area contributed by atoms with E-state index in [1.165, 1.54) is 12.1 Å². The number of alkyl halides is 3. The topological polar surface area (TPSA) is 68.1 Å². The van der Waals surface area contributed by atoms with E-state index in [0.29, 0.717) is 11.4 Å². The van der Waals surface area contributed by atoms with Gasteiger partial charge in [-0.05, 0) is 43.3 Å². The van der Waals surface area contributed by atoms with Crippen LogP contribution in [-0.2, 0) is 4.79 Å². The summed E-state index contributed by atoms with van der Waals surface area (Å²) in [6.07, 6.45) is -3.18. The second-order valence-corrected chi connectivity index (χ2v) is 6.45. The molecule has 29 heavy (non-hydrogen) atoms. The number of ether oxygens (including phenoxy) is 1. The van der Waals surface area contributed by atoms with E-state index in [1.807, 2.05) is 41.7 Å². The van der Waals surface area contributed by atoms with Crippen molar-refractivity contribution >= 4 is 11.6 Å². The number of nitrogens with two attached hydrogens (primary N) is 1. The third-order valence-corrected chi connectivity index (χ3v) is 4.26. The highest BCUT2D eigenvalue weighted by molar-refractivity contribution is 5.93. The van der Waals surface area contributed by atoms with Crippen LogP contribution in [0.15, 0.2) is 77.4 Å². The Morgan fingerprint density at radius 2 is 1.72 bits per heavy atom. The first kappa shape index (κ1) is 20.5. The standard InChI is InChI=1S/C21H19F3N2O3/c1-14(20(27)26-16-9-11-17(12-10-16)29-21(22,23)24)25-19(18-8-5-13-28-18)15-6-3-2-4-7-15/h2-14,19,25H,1H3,(H,26,27)/p+1/t14-,19-/m1/s1. The van der Waals surface area contributed by atoms with Crippen LogP contribution < -0.4 is 15.4 Å². The summed E-state index contributed by atoms with van der Waals surface area (Å²) in [6, 6.07) is 17.6. The Kier molecular flexibility index (Phi) is 6.23. The van der Waals surface area contributed by atoms with Gasteiger partial charge in [0.2, 0.25) is 0 Å². The molecule has 152 valence electrons. The Morgan fingerprint density at radius 3 is 2.31 bits per heavy atom. The number of hydrogen-bond donors (Lipinski definition) is 2. The van der Waals surface area contributed by atoms with Gasteiger partial charge < -0.3 is 19.8 Å². The minimum absolute atomic E-state index is 0.213. The van der Waals surface area contributed by atoms with E-state index in [9.17, 15) is 18.0 Å². The normalized spacial score (nSPS) is 13.5. The van der Waals surface area contributed by atoms with Gasteiger partial charge >= 0.3 is 6.36 Å². The van der Waals surface area contributed by atoms with Crippen LogP contribution in [0.1, 0.15) is 24.3 Å². The summed E-state index contributed by atoms with van der Waals surface area (Å²) in [7, 11) is 0. The molecule has 5 nitrogen and oxygen atoms in total. The van der Waals surface area contributed by atoms with Crippen molar-refractivity contribution in [2.24, 2.45) is 0 Å². The third-order valence-electron chi connectivity index (χ3n) is 4.26. The summed E-state index contributed by atoms with van der Waals surface area (Å²) in [5.74, 6) is 0.0727. The minimum Gasteiger partial charge on any atom is -0.463 e. The van der Waals surface area contributed by atoms with E-state index in [2.05, 4.69) is 10.1 Å². The van der Waals surface area contributed by atoms with Gasteiger partial charge in [0, 0.05) is 11.3 Å². The van der Waals surface area contributed by atoms with Crippen LogP contribution in [0.3, 0.4) is 0 Å². The molecular weight excluding hydrogens is 385 g/mol. The van der Waals surface area contributed by atoms with Gasteiger partial charge in [0.25, 0.3) is 5.91 Å². The maximum absolute atomic E-state index is 12.6. The van der Waals surface area contributed by atoms with Crippen molar-refractivity contribution in [3.63, 3.8) is 0 Å². The molecular formula is C21H20F3N2O3+. The molecule has 0 aliphatic heterocycles. The molecule has 2 atom stereocenters. The molecule has 8 heteroatoms. The zero-order chi connectivity index (χ0) is 20.9. The number of hydrogen-bond acceptors (Lipinski definition) is 3. The highest BCUT2D eigenvalue weighted by atomic mass is 19.4. The average molecular weight is 405 g/mol. The number of amides is 1. The summed E-state index contributed by atoms with van der Waals surface area (Å²) in [6.45, 7) is 1.75. The van der Waals surface area contributed by atoms with Crippen molar-refractivity contribution in [1.29, 1.82) is 0 Å². The van der Waals surface area contributed by atoms with Crippen LogP contribution in [0.2, 0.25) is 0 Å². The summed E-state index contributed by atoms with van der Waals surface area (Å²) in [5.41, 5.74) is 1.36. The molecule has 2 aromatic carbocycles. The number of anilines is 1. The second kappa shape index (κ2) is 8.83. The lowest BCUT2D eigenvalue weighted by atomic mass is 10.0. The van der Waals surface area contributed by atoms with Gasteiger partial charge in [-0.15, -0.1) is 13.2 Å². The zero-order valence-corrected chi connectivity index (χ0v) is 15.5. The molecule has 0 unspecified atom stereocenters.